The molecule has 0 radical (unpaired) electrons. The van der Waals surface area contributed by atoms with Crippen molar-refractivity contribution in [1.29, 1.82) is 0 Å². The van der Waals surface area contributed by atoms with Crippen LogP contribution < -0.4 is 5.32 Å². The van der Waals surface area contributed by atoms with E-state index in [1.165, 1.54) is 18.3 Å². The molecule has 0 aliphatic heterocycles. The van der Waals surface area contributed by atoms with E-state index in [-0.39, 0.29) is 24.7 Å². The molecule has 0 spiro atoms. The number of alkyl carbamates (subject to hydrolysis) is 1. The van der Waals surface area contributed by atoms with E-state index in [0.717, 1.165) is 0 Å². The van der Waals surface area contributed by atoms with Crippen LogP contribution in [0.3, 0.4) is 0 Å². The fourth-order valence-corrected chi connectivity index (χ4v) is 0.964. The van der Waals surface area contributed by atoms with Crippen LogP contribution in [0.2, 0.25) is 0 Å². The van der Waals surface area contributed by atoms with Crippen molar-refractivity contribution in [1.82, 2.24) is 10.3 Å². The molecule has 6 heteroatoms. The van der Waals surface area contributed by atoms with Crippen LogP contribution in [0.4, 0.5) is 9.18 Å². The lowest BCUT2D eigenvalue weighted by atomic mass is 10.3. The summed E-state index contributed by atoms with van der Waals surface area (Å²) in [6, 6.07) is 2.75. The molecule has 0 unspecified atom stereocenters. The van der Waals surface area contributed by atoms with Crippen molar-refractivity contribution >= 4 is 17.7 Å². The molecule has 15 heavy (non-hydrogen) atoms. The fourth-order valence-electron chi connectivity index (χ4n) is 0.887. The van der Waals surface area contributed by atoms with Gasteiger partial charge in [-0.25, -0.2) is 9.18 Å². The zero-order valence-corrected chi connectivity index (χ0v) is 8.63. The summed E-state index contributed by atoms with van der Waals surface area (Å²) in [4.78, 5) is 14.7. The number of rotatable bonds is 4. The molecule has 82 valence electrons. The normalized spacial score (nSPS) is 9.73. The van der Waals surface area contributed by atoms with Gasteiger partial charge < -0.3 is 10.1 Å². The zero-order chi connectivity index (χ0) is 11.1. The van der Waals surface area contributed by atoms with Crippen molar-refractivity contribution in [3.05, 3.63) is 29.8 Å². The second-order valence-electron chi connectivity index (χ2n) is 2.61. The van der Waals surface area contributed by atoms with Crippen LogP contribution >= 0.6 is 11.6 Å². The molecular weight excluding hydrogens is 223 g/mol. The molecule has 1 N–H and O–H groups in total. The number of halogens is 2. The smallest absolute Gasteiger partial charge is 0.407 e. The number of alkyl halides is 1. The molecule has 0 aliphatic rings. The van der Waals surface area contributed by atoms with Crippen LogP contribution in [0.1, 0.15) is 5.69 Å². The molecular formula is C9H10ClFN2O2. The van der Waals surface area contributed by atoms with Gasteiger partial charge in [0.05, 0.1) is 18.1 Å². The number of pyridine rings is 1. The van der Waals surface area contributed by atoms with Gasteiger partial charge in [-0.1, -0.05) is 0 Å². The molecule has 0 fully saturated rings. The van der Waals surface area contributed by atoms with Crippen molar-refractivity contribution in [3.8, 4) is 0 Å². The van der Waals surface area contributed by atoms with Crippen LogP contribution in [0.5, 0.6) is 0 Å². The van der Waals surface area contributed by atoms with Gasteiger partial charge in [0.25, 0.3) is 0 Å². The van der Waals surface area contributed by atoms with E-state index in [4.69, 9.17) is 11.6 Å². The Kier molecular flexibility index (Phi) is 4.83. The summed E-state index contributed by atoms with van der Waals surface area (Å²) in [5, 5.41) is 2.35. The molecule has 1 heterocycles. The van der Waals surface area contributed by atoms with Gasteiger partial charge in [-0.3, -0.25) is 4.98 Å². The highest BCUT2D eigenvalue weighted by Crippen LogP contribution is 2.01. The first-order chi connectivity index (χ1) is 7.24. The number of carbonyl (C=O) groups is 1. The van der Waals surface area contributed by atoms with Crippen molar-refractivity contribution in [3.63, 3.8) is 0 Å². The Morgan fingerprint density at radius 1 is 1.67 bits per heavy atom. The van der Waals surface area contributed by atoms with Crippen LogP contribution in [0, 0.1) is 5.82 Å². The number of nitrogens with zero attached hydrogens (tertiary/aromatic N) is 1. The van der Waals surface area contributed by atoms with Crippen LogP contribution in [0.25, 0.3) is 0 Å². The quantitative estimate of drug-likeness (QED) is 0.804. The fraction of sp³-hybridized carbons (Fsp3) is 0.333. The Balaban J connectivity index is 2.37. The van der Waals surface area contributed by atoms with Gasteiger partial charge in [0.2, 0.25) is 0 Å². The highest BCUT2D eigenvalue weighted by Gasteiger charge is 2.05. The summed E-state index contributed by atoms with van der Waals surface area (Å²) in [5.74, 6) is -0.235. The maximum atomic E-state index is 13.0. The maximum Gasteiger partial charge on any atom is 0.407 e. The lowest BCUT2D eigenvalue weighted by Gasteiger charge is -2.05. The number of ether oxygens (including phenoxy) is 1. The number of carbonyl (C=O) groups excluding carboxylic acids is 1. The molecule has 1 rings (SSSR count). The Hall–Kier alpha value is -1.36. The minimum absolute atomic E-state index is 0.00616. The first-order valence-corrected chi connectivity index (χ1v) is 4.83. The standard InChI is InChI=1S/C9H10ClFN2O2/c10-3-5-15-9(14)13-6-8-7(11)2-1-4-12-8/h1-2,4H,3,5-6H2,(H,13,14). The molecule has 0 aliphatic carbocycles. The van der Waals surface area contributed by atoms with Gasteiger partial charge in [0.1, 0.15) is 12.4 Å². The van der Waals surface area contributed by atoms with Crippen LogP contribution in [0.15, 0.2) is 18.3 Å². The average Bonchev–Trinajstić information content (AvgIpc) is 2.25. The van der Waals surface area contributed by atoms with Crippen LogP contribution in [-0.4, -0.2) is 23.6 Å². The molecule has 0 atom stereocenters. The predicted octanol–water partition coefficient (Wildman–Crippen LogP) is 1.69. The highest BCUT2D eigenvalue weighted by molar-refractivity contribution is 6.18. The van der Waals surface area contributed by atoms with Crippen molar-refractivity contribution in [2.24, 2.45) is 0 Å². The third-order valence-corrected chi connectivity index (χ3v) is 1.70. The Bertz CT molecular complexity index is 336. The number of aromatic nitrogens is 1. The van der Waals surface area contributed by atoms with Gasteiger partial charge in [-0.05, 0) is 12.1 Å². The van der Waals surface area contributed by atoms with E-state index < -0.39 is 11.9 Å². The maximum absolute atomic E-state index is 13.0. The number of hydrogen-bond donors (Lipinski definition) is 1. The largest absolute Gasteiger partial charge is 0.448 e. The summed E-state index contributed by atoms with van der Waals surface area (Å²) < 4.78 is 17.6. The molecule has 0 aromatic carbocycles. The zero-order valence-electron chi connectivity index (χ0n) is 7.87. The first kappa shape index (κ1) is 11.7. The number of nitrogens with one attached hydrogen (secondary N) is 1. The first-order valence-electron chi connectivity index (χ1n) is 4.30. The summed E-state index contributed by atoms with van der Waals surface area (Å²) in [6.45, 7) is 0.117. The predicted molar refractivity (Wildman–Crippen MR) is 53.1 cm³/mol. The Morgan fingerprint density at radius 2 is 2.47 bits per heavy atom. The summed E-state index contributed by atoms with van der Waals surface area (Å²) in [5.41, 5.74) is 0.167. The van der Waals surface area contributed by atoms with Gasteiger partial charge in [-0.15, -0.1) is 11.6 Å². The average molecular weight is 233 g/mol. The minimum Gasteiger partial charge on any atom is -0.448 e. The van der Waals surface area contributed by atoms with E-state index in [2.05, 4.69) is 15.0 Å². The van der Waals surface area contributed by atoms with Gasteiger partial charge >= 0.3 is 6.09 Å². The molecule has 1 amide bonds. The van der Waals surface area contributed by atoms with E-state index in [1.54, 1.807) is 0 Å². The third kappa shape index (κ3) is 4.12. The summed E-state index contributed by atoms with van der Waals surface area (Å²) in [7, 11) is 0. The summed E-state index contributed by atoms with van der Waals surface area (Å²) in [6.07, 6.45) is 0.810. The topological polar surface area (TPSA) is 51.2 Å². The third-order valence-electron chi connectivity index (χ3n) is 1.55. The van der Waals surface area contributed by atoms with Crippen LogP contribution in [-0.2, 0) is 11.3 Å². The lowest BCUT2D eigenvalue weighted by Crippen LogP contribution is -2.25. The SMILES string of the molecule is O=C(NCc1ncccc1F)OCCCl. The Morgan fingerprint density at radius 3 is 3.13 bits per heavy atom. The minimum atomic E-state index is -0.638. The molecule has 0 bridgehead atoms. The van der Waals surface area contributed by atoms with Gasteiger partial charge in [0, 0.05) is 6.20 Å². The molecule has 0 saturated heterocycles. The highest BCUT2D eigenvalue weighted by atomic mass is 35.5. The molecule has 0 saturated carbocycles. The van der Waals surface area contributed by atoms with Crippen molar-refractivity contribution in [2.75, 3.05) is 12.5 Å². The Labute approximate surface area is 91.4 Å². The number of hydrogen-bond acceptors (Lipinski definition) is 3. The monoisotopic (exact) mass is 232 g/mol. The van der Waals surface area contributed by atoms with E-state index in [9.17, 15) is 9.18 Å². The molecule has 1 aromatic heterocycles. The van der Waals surface area contributed by atoms with Gasteiger partial charge in [-0.2, -0.15) is 0 Å². The van der Waals surface area contributed by atoms with E-state index >= 15 is 0 Å². The van der Waals surface area contributed by atoms with Crippen molar-refractivity contribution in [2.45, 2.75) is 6.54 Å². The lowest BCUT2D eigenvalue weighted by molar-refractivity contribution is 0.152. The van der Waals surface area contributed by atoms with E-state index in [0.29, 0.717) is 0 Å². The molecule has 1 aromatic rings. The summed E-state index contributed by atoms with van der Waals surface area (Å²) >= 11 is 5.31. The van der Waals surface area contributed by atoms with Crippen molar-refractivity contribution < 1.29 is 13.9 Å². The molecule has 4 nitrogen and oxygen atoms in total. The van der Waals surface area contributed by atoms with Gasteiger partial charge in [0.15, 0.2) is 0 Å². The second-order valence-corrected chi connectivity index (χ2v) is 2.99. The number of amides is 1. The second kappa shape index (κ2) is 6.19. The van der Waals surface area contributed by atoms with E-state index in [1.807, 2.05) is 0 Å².